The SMILES string of the molecule is CC(C)(C)c1cc([PH+](c2cc(C(C)(C)C)cc(C(C)(C)C)c2)c2ccccc2[PH+](c2cc(C(C)(C)C)cc(C(C)(C)C)c2)c2cc(C(C)(C)C)cc(C(C)(C)C)c2)cc(C(C)(C)C)c1.[Fe]. The molecule has 0 bridgehead atoms. The molecule has 0 atom stereocenters. The van der Waals surface area contributed by atoms with Crippen LogP contribution in [-0.2, 0) is 60.4 Å². The van der Waals surface area contributed by atoms with Crippen molar-refractivity contribution < 1.29 is 17.1 Å². The van der Waals surface area contributed by atoms with E-state index < -0.39 is 15.8 Å². The van der Waals surface area contributed by atoms with Crippen molar-refractivity contribution in [3.63, 3.8) is 0 Å². The minimum absolute atomic E-state index is 0. The Morgan fingerprint density at radius 3 is 0.492 bits per heavy atom. The second-order valence-electron chi connectivity index (χ2n) is 27.5. The van der Waals surface area contributed by atoms with E-state index in [1.54, 1.807) is 0 Å². The van der Waals surface area contributed by atoms with E-state index in [1.165, 1.54) is 76.3 Å². The van der Waals surface area contributed by atoms with Crippen molar-refractivity contribution in [2.75, 3.05) is 0 Å². The van der Waals surface area contributed by atoms with Gasteiger partial charge in [-0.05, 0) is 148 Å². The second kappa shape index (κ2) is 18.8. The summed E-state index contributed by atoms with van der Waals surface area (Å²) in [6, 6.07) is 40.7. The van der Waals surface area contributed by atoms with Gasteiger partial charge in [-0.2, -0.15) is 0 Å². The summed E-state index contributed by atoms with van der Waals surface area (Å²) < 4.78 is 0. The van der Waals surface area contributed by atoms with E-state index in [0.717, 1.165) is 0 Å². The van der Waals surface area contributed by atoms with Crippen LogP contribution in [0.15, 0.2) is 97.1 Å². The maximum atomic E-state index is 2.61. The average Bonchev–Trinajstić information content (AvgIpc) is 3.12. The molecule has 0 radical (unpaired) electrons. The Kier molecular flexibility index (Phi) is 15.9. The zero-order valence-corrected chi connectivity index (χ0v) is 48.7. The molecular formula is C62H90FeP2+2. The number of hydrogen-bond acceptors (Lipinski definition) is 0. The van der Waals surface area contributed by atoms with Gasteiger partial charge in [-0.1, -0.05) is 203 Å². The standard InChI is InChI=1S/C62H88P2.Fe/c1-55(2,3)41-29-42(56(4,5)6)34-49(33-41)63(50-35-43(57(7,8)9)30-44(36-50)58(10,11)12)53-27-25-26-28-54(53)64(51-37-45(59(13,14)15)31-46(38-51)60(16,17)18)52-39-47(61(19,20)21)32-48(40-52)62(22,23)24;/h25-40H,1-24H3;/p+2. The van der Waals surface area contributed by atoms with Crippen LogP contribution < -0.4 is 31.8 Å². The zero-order chi connectivity index (χ0) is 48.6. The monoisotopic (exact) mass is 953 g/mol. The van der Waals surface area contributed by atoms with E-state index >= 15 is 0 Å². The van der Waals surface area contributed by atoms with Gasteiger partial charge in [0.2, 0.25) is 0 Å². The first kappa shape index (κ1) is 55.1. The Morgan fingerprint density at radius 2 is 0.369 bits per heavy atom. The molecule has 0 aliphatic carbocycles. The molecule has 0 nitrogen and oxygen atoms in total. The van der Waals surface area contributed by atoms with Crippen LogP contribution in [0.25, 0.3) is 0 Å². The molecule has 65 heavy (non-hydrogen) atoms. The molecule has 354 valence electrons. The third-order valence-electron chi connectivity index (χ3n) is 13.3. The number of rotatable bonds is 6. The Morgan fingerprint density at radius 1 is 0.231 bits per heavy atom. The zero-order valence-electron chi connectivity index (χ0n) is 45.6. The maximum Gasteiger partial charge on any atom is 0.144 e. The summed E-state index contributed by atoms with van der Waals surface area (Å²) in [7, 11) is -3.24. The van der Waals surface area contributed by atoms with E-state index in [4.69, 9.17) is 0 Å². The van der Waals surface area contributed by atoms with Crippen LogP contribution in [0.3, 0.4) is 0 Å². The third-order valence-corrected chi connectivity index (χ3v) is 18.9. The van der Waals surface area contributed by atoms with Gasteiger partial charge in [0.25, 0.3) is 0 Å². The van der Waals surface area contributed by atoms with Gasteiger partial charge in [-0.15, -0.1) is 0 Å². The smallest absolute Gasteiger partial charge is 0.0580 e. The van der Waals surface area contributed by atoms with E-state index in [9.17, 15) is 0 Å². The summed E-state index contributed by atoms with van der Waals surface area (Å²) in [6.45, 7) is 57.4. The van der Waals surface area contributed by atoms with Gasteiger partial charge in [-0.25, -0.2) is 0 Å². The Hall–Kier alpha value is -2.52. The molecule has 0 amide bonds. The molecule has 0 aromatic heterocycles. The van der Waals surface area contributed by atoms with Gasteiger partial charge in [0.05, 0.1) is 0 Å². The first-order chi connectivity index (χ1) is 28.8. The number of hydrogen-bond donors (Lipinski definition) is 0. The molecule has 0 saturated carbocycles. The Balaban J connectivity index is 0.00000925. The summed E-state index contributed by atoms with van der Waals surface area (Å²) in [6.07, 6.45) is 0. The normalized spacial score (nSPS) is 13.7. The van der Waals surface area contributed by atoms with Crippen LogP contribution in [0.5, 0.6) is 0 Å². The van der Waals surface area contributed by atoms with Gasteiger partial charge >= 0.3 is 0 Å². The number of benzene rings is 5. The van der Waals surface area contributed by atoms with Crippen molar-refractivity contribution in [1.82, 2.24) is 0 Å². The van der Waals surface area contributed by atoms with Crippen molar-refractivity contribution in [2.45, 2.75) is 209 Å². The molecule has 5 rings (SSSR count). The van der Waals surface area contributed by atoms with Gasteiger partial charge in [0, 0.05) is 17.1 Å². The van der Waals surface area contributed by atoms with Crippen molar-refractivity contribution in [1.29, 1.82) is 0 Å². The van der Waals surface area contributed by atoms with Gasteiger partial charge in [0.15, 0.2) is 0 Å². The molecule has 0 saturated heterocycles. The molecule has 0 fully saturated rings. The average molecular weight is 953 g/mol. The molecule has 5 aromatic rings. The molecule has 0 spiro atoms. The van der Waals surface area contributed by atoms with Crippen LogP contribution >= 0.6 is 15.8 Å². The van der Waals surface area contributed by atoms with Crippen LogP contribution in [0.4, 0.5) is 0 Å². The van der Waals surface area contributed by atoms with Crippen molar-refractivity contribution in [2.24, 2.45) is 0 Å². The van der Waals surface area contributed by atoms with Crippen LogP contribution in [0.2, 0.25) is 0 Å². The summed E-state index contributed by atoms with van der Waals surface area (Å²) in [5.41, 5.74) is 11.3. The minimum Gasteiger partial charge on any atom is -0.0580 e. The van der Waals surface area contributed by atoms with Crippen molar-refractivity contribution in [3.05, 3.63) is 142 Å². The maximum absolute atomic E-state index is 2.61. The minimum atomic E-state index is -1.62. The second-order valence-corrected chi connectivity index (χ2v) is 32.4. The summed E-state index contributed by atoms with van der Waals surface area (Å²) in [5.74, 6) is 0. The summed E-state index contributed by atoms with van der Waals surface area (Å²) in [5, 5.41) is 8.99. The summed E-state index contributed by atoms with van der Waals surface area (Å²) in [4.78, 5) is 0. The first-order valence-corrected chi connectivity index (χ1v) is 27.3. The Bertz CT molecular complexity index is 2010. The summed E-state index contributed by atoms with van der Waals surface area (Å²) >= 11 is 0. The van der Waals surface area contributed by atoms with Gasteiger partial charge in [-0.3, -0.25) is 0 Å². The molecule has 0 heterocycles. The fourth-order valence-electron chi connectivity index (χ4n) is 8.43. The van der Waals surface area contributed by atoms with E-state index in [0.29, 0.717) is 0 Å². The van der Waals surface area contributed by atoms with E-state index in [2.05, 4.69) is 263 Å². The molecule has 3 heteroatoms. The third kappa shape index (κ3) is 13.2. The van der Waals surface area contributed by atoms with Crippen molar-refractivity contribution in [3.8, 4) is 0 Å². The molecule has 5 aromatic carbocycles. The van der Waals surface area contributed by atoms with Crippen LogP contribution in [0.1, 0.15) is 211 Å². The molecule has 0 N–H and O–H groups in total. The predicted octanol–water partition coefficient (Wildman–Crippen LogP) is 15.0. The van der Waals surface area contributed by atoms with Gasteiger partial charge in [0.1, 0.15) is 47.7 Å². The molecule has 0 aliphatic rings. The molecular weight excluding hydrogens is 862 g/mol. The fraction of sp³-hybridized carbons (Fsp3) is 0.516. The molecule has 0 unspecified atom stereocenters. The quantitative estimate of drug-likeness (QED) is 0.118. The van der Waals surface area contributed by atoms with Gasteiger partial charge < -0.3 is 0 Å². The first-order valence-electron chi connectivity index (χ1n) is 24.3. The van der Waals surface area contributed by atoms with E-state index in [1.807, 2.05) is 0 Å². The largest absolute Gasteiger partial charge is 0.144 e. The van der Waals surface area contributed by atoms with Crippen LogP contribution in [0, 0.1) is 0 Å². The Labute approximate surface area is 413 Å². The topological polar surface area (TPSA) is 0 Å². The van der Waals surface area contributed by atoms with Crippen LogP contribution in [-0.4, -0.2) is 0 Å². The van der Waals surface area contributed by atoms with E-state index in [-0.39, 0.29) is 60.4 Å². The fourth-order valence-corrected chi connectivity index (χ4v) is 14.7. The predicted molar refractivity (Wildman–Crippen MR) is 296 cm³/mol. The molecule has 0 aliphatic heterocycles. The van der Waals surface area contributed by atoms with Crippen molar-refractivity contribution >= 4 is 47.7 Å².